The summed E-state index contributed by atoms with van der Waals surface area (Å²) in [6, 6.07) is 2.32. The molecule has 0 spiro atoms. The van der Waals surface area contributed by atoms with Crippen LogP contribution >= 0.6 is 11.3 Å². The van der Waals surface area contributed by atoms with Gasteiger partial charge in [0.2, 0.25) is 0 Å². The molecule has 0 unspecified atom stereocenters. The molecule has 0 bridgehead atoms. The van der Waals surface area contributed by atoms with Crippen LogP contribution < -0.4 is 5.32 Å². The SMILES string of the molecule is Cc1cc(C(=O)NC[C@@H]([C@H]2CCOC2)N2CCOCC2)c(C)s1. The van der Waals surface area contributed by atoms with E-state index in [1.165, 1.54) is 4.88 Å². The van der Waals surface area contributed by atoms with Crippen LogP contribution in [-0.4, -0.2) is 62.9 Å². The fraction of sp³-hybridized carbons (Fsp3) is 0.706. The standard InChI is InChI=1S/C17H26N2O3S/c1-12-9-15(13(2)23-12)17(20)18-10-16(14-3-6-22-11-14)19-4-7-21-8-5-19/h9,14,16H,3-8,10-11H2,1-2H3,(H,18,20)/t14-,16-/m0/s1. The van der Waals surface area contributed by atoms with Crippen LogP contribution in [0.25, 0.3) is 0 Å². The molecule has 3 rings (SSSR count). The Labute approximate surface area is 142 Å². The van der Waals surface area contributed by atoms with Gasteiger partial charge in [0, 0.05) is 48.0 Å². The van der Waals surface area contributed by atoms with Crippen molar-refractivity contribution in [1.29, 1.82) is 0 Å². The van der Waals surface area contributed by atoms with Gasteiger partial charge < -0.3 is 14.8 Å². The number of hydrogen-bond acceptors (Lipinski definition) is 5. The first kappa shape index (κ1) is 16.9. The summed E-state index contributed by atoms with van der Waals surface area (Å²) >= 11 is 1.68. The highest BCUT2D eigenvalue weighted by Gasteiger charge is 2.31. The maximum Gasteiger partial charge on any atom is 0.252 e. The van der Waals surface area contributed by atoms with Crippen molar-refractivity contribution in [2.45, 2.75) is 26.3 Å². The number of nitrogens with zero attached hydrogens (tertiary/aromatic N) is 1. The zero-order chi connectivity index (χ0) is 16.2. The molecule has 5 nitrogen and oxygen atoms in total. The molecule has 1 aromatic heterocycles. The van der Waals surface area contributed by atoms with Gasteiger partial charge in [0.15, 0.2) is 0 Å². The Morgan fingerprint density at radius 3 is 2.74 bits per heavy atom. The molecule has 1 amide bonds. The van der Waals surface area contributed by atoms with Crippen LogP contribution in [0.5, 0.6) is 0 Å². The average Bonchev–Trinajstić information content (AvgIpc) is 3.18. The van der Waals surface area contributed by atoms with Gasteiger partial charge in [-0.2, -0.15) is 0 Å². The summed E-state index contributed by atoms with van der Waals surface area (Å²) in [5.41, 5.74) is 0.816. The minimum absolute atomic E-state index is 0.0454. The highest BCUT2D eigenvalue weighted by Crippen LogP contribution is 2.23. The summed E-state index contributed by atoms with van der Waals surface area (Å²) in [5, 5.41) is 3.16. The Kier molecular flexibility index (Phi) is 5.69. The third-order valence-electron chi connectivity index (χ3n) is 4.78. The Morgan fingerprint density at radius 2 is 2.13 bits per heavy atom. The predicted molar refractivity (Wildman–Crippen MR) is 91.2 cm³/mol. The van der Waals surface area contributed by atoms with Crippen molar-refractivity contribution < 1.29 is 14.3 Å². The molecule has 6 heteroatoms. The molecule has 2 saturated heterocycles. The zero-order valence-corrected chi connectivity index (χ0v) is 14.8. The summed E-state index contributed by atoms with van der Waals surface area (Å²) in [7, 11) is 0. The van der Waals surface area contributed by atoms with Crippen LogP contribution in [0.1, 0.15) is 26.5 Å². The molecule has 1 N–H and O–H groups in total. The minimum atomic E-state index is 0.0454. The van der Waals surface area contributed by atoms with Crippen LogP contribution in [0.4, 0.5) is 0 Å². The first-order chi connectivity index (χ1) is 11.1. The van der Waals surface area contributed by atoms with Gasteiger partial charge in [-0.1, -0.05) is 0 Å². The topological polar surface area (TPSA) is 50.8 Å². The molecule has 23 heavy (non-hydrogen) atoms. The van der Waals surface area contributed by atoms with E-state index in [2.05, 4.69) is 10.2 Å². The fourth-order valence-electron chi connectivity index (χ4n) is 3.51. The molecular weight excluding hydrogens is 312 g/mol. The highest BCUT2D eigenvalue weighted by atomic mass is 32.1. The van der Waals surface area contributed by atoms with Crippen LogP contribution in [0.15, 0.2) is 6.07 Å². The fourth-order valence-corrected chi connectivity index (χ4v) is 4.43. The molecule has 1 aromatic rings. The summed E-state index contributed by atoms with van der Waals surface area (Å²) in [6.45, 7) is 9.80. The Morgan fingerprint density at radius 1 is 1.35 bits per heavy atom. The van der Waals surface area contributed by atoms with E-state index in [1.807, 2.05) is 19.9 Å². The van der Waals surface area contributed by atoms with E-state index in [-0.39, 0.29) is 5.91 Å². The van der Waals surface area contributed by atoms with E-state index >= 15 is 0 Å². The van der Waals surface area contributed by atoms with Gasteiger partial charge in [0.25, 0.3) is 5.91 Å². The predicted octanol–water partition coefficient (Wildman–Crippen LogP) is 1.83. The van der Waals surface area contributed by atoms with E-state index in [9.17, 15) is 4.79 Å². The largest absolute Gasteiger partial charge is 0.381 e. The Bertz CT molecular complexity index is 534. The second-order valence-corrected chi connectivity index (χ2v) is 7.84. The van der Waals surface area contributed by atoms with Gasteiger partial charge in [-0.25, -0.2) is 0 Å². The minimum Gasteiger partial charge on any atom is -0.381 e. The number of hydrogen-bond donors (Lipinski definition) is 1. The normalized spacial score (nSPS) is 23.8. The van der Waals surface area contributed by atoms with Gasteiger partial charge in [-0.3, -0.25) is 9.69 Å². The van der Waals surface area contributed by atoms with E-state index < -0.39 is 0 Å². The maximum absolute atomic E-state index is 12.5. The number of carbonyl (C=O) groups is 1. The molecule has 2 atom stereocenters. The monoisotopic (exact) mass is 338 g/mol. The average molecular weight is 338 g/mol. The van der Waals surface area contributed by atoms with E-state index in [1.54, 1.807) is 11.3 Å². The molecule has 3 heterocycles. The van der Waals surface area contributed by atoms with Gasteiger partial charge >= 0.3 is 0 Å². The van der Waals surface area contributed by atoms with Crippen molar-refractivity contribution in [1.82, 2.24) is 10.2 Å². The second-order valence-electron chi connectivity index (χ2n) is 6.38. The maximum atomic E-state index is 12.5. The first-order valence-corrected chi connectivity index (χ1v) is 9.21. The number of thiophene rings is 1. The van der Waals surface area contributed by atoms with Crippen molar-refractivity contribution in [2.75, 3.05) is 46.1 Å². The van der Waals surface area contributed by atoms with E-state index in [0.29, 0.717) is 18.5 Å². The van der Waals surface area contributed by atoms with Crippen molar-refractivity contribution in [3.05, 3.63) is 21.4 Å². The smallest absolute Gasteiger partial charge is 0.252 e. The Hall–Kier alpha value is -0.950. The van der Waals surface area contributed by atoms with Crippen molar-refractivity contribution in [3.63, 3.8) is 0 Å². The van der Waals surface area contributed by atoms with Crippen molar-refractivity contribution in [3.8, 4) is 0 Å². The molecule has 0 aromatic carbocycles. The van der Waals surface area contributed by atoms with Gasteiger partial charge in [0.1, 0.15) is 0 Å². The molecule has 0 aliphatic carbocycles. The quantitative estimate of drug-likeness (QED) is 0.890. The number of ether oxygens (including phenoxy) is 2. The number of nitrogens with one attached hydrogen (secondary N) is 1. The molecule has 0 saturated carbocycles. The number of aryl methyl sites for hydroxylation is 2. The number of morpholine rings is 1. The zero-order valence-electron chi connectivity index (χ0n) is 14.0. The van der Waals surface area contributed by atoms with Crippen LogP contribution in [0.2, 0.25) is 0 Å². The van der Waals surface area contributed by atoms with Crippen molar-refractivity contribution >= 4 is 17.2 Å². The molecule has 2 fully saturated rings. The summed E-state index contributed by atoms with van der Waals surface area (Å²) in [6.07, 6.45) is 1.08. The van der Waals surface area contributed by atoms with Crippen LogP contribution in [0, 0.1) is 19.8 Å². The highest BCUT2D eigenvalue weighted by molar-refractivity contribution is 7.12. The molecule has 2 aliphatic heterocycles. The molecule has 0 radical (unpaired) electrons. The first-order valence-electron chi connectivity index (χ1n) is 8.40. The van der Waals surface area contributed by atoms with Crippen molar-refractivity contribution in [2.24, 2.45) is 5.92 Å². The van der Waals surface area contributed by atoms with Crippen LogP contribution in [0.3, 0.4) is 0 Å². The second kappa shape index (κ2) is 7.75. The van der Waals surface area contributed by atoms with E-state index in [4.69, 9.17) is 9.47 Å². The van der Waals surface area contributed by atoms with Gasteiger partial charge in [-0.15, -0.1) is 11.3 Å². The van der Waals surface area contributed by atoms with Gasteiger partial charge in [0.05, 0.1) is 25.4 Å². The molecule has 2 aliphatic rings. The van der Waals surface area contributed by atoms with Gasteiger partial charge in [-0.05, 0) is 26.3 Å². The van der Waals surface area contributed by atoms with E-state index in [0.717, 1.165) is 56.4 Å². The Balaban J connectivity index is 1.63. The lowest BCUT2D eigenvalue weighted by Gasteiger charge is -2.37. The lowest BCUT2D eigenvalue weighted by molar-refractivity contribution is 0.00166. The number of rotatable bonds is 5. The lowest BCUT2D eigenvalue weighted by atomic mass is 9.96. The summed E-state index contributed by atoms with van der Waals surface area (Å²) in [4.78, 5) is 17.2. The summed E-state index contributed by atoms with van der Waals surface area (Å²) < 4.78 is 11.0. The molecular formula is C17H26N2O3S. The van der Waals surface area contributed by atoms with Crippen LogP contribution in [-0.2, 0) is 9.47 Å². The summed E-state index contributed by atoms with van der Waals surface area (Å²) in [5.74, 6) is 0.544. The lowest BCUT2D eigenvalue weighted by Crippen LogP contribution is -2.52. The number of carbonyl (C=O) groups excluding carboxylic acids is 1. The third-order valence-corrected chi connectivity index (χ3v) is 5.75. The third kappa shape index (κ3) is 4.12. The number of amides is 1. The molecule has 128 valence electrons.